The number of rotatable bonds is 5. The highest BCUT2D eigenvalue weighted by Gasteiger charge is 2.42. The van der Waals surface area contributed by atoms with Crippen molar-refractivity contribution in [3.05, 3.63) is 35.4 Å². The first-order chi connectivity index (χ1) is 10.8. The number of carboxylic acids is 1. The maximum atomic E-state index is 13.0. The minimum Gasteiger partial charge on any atom is -0.481 e. The molecule has 4 heteroatoms. The Balaban J connectivity index is 2.27. The number of hydrogen-bond acceptors (Lipinski definition) is 2. The number of carboxylic acid groups (broad SMARTS) is 1. The first-order valence-electron chi connectivity index (χ1n) is 8.37. The van der Waals surface area contributed by atoms with E-state index in [1.807, 2.05) is 31.2 Å². The Kier molecular flexibility index (Phi) is 5.12. The molecule has 1 saturated carbocycles. The molecule has 0 atom stereocenters. The van der Waals surface area contributed by atoms with E-state index in [0.717, 1.165) is 43.2 Å². The van der Waals surface area contributed by atoms with Gasteiger partial charge in [0.15, 0.2) is 0 Å². The molecule has 1 aliphatic rings. The summed E-state index contributed by atoms with van der Waals surface area (Å²) in [5.41, 5.74) is 0.738. The Morgan fingerprint density at radius 3 is 2.35 bits per heavy atom. The number of benzene rings is 1. The van der Waals surface area contributed by atoms with E-state index in [9.17, 15) is 14.7 Å². The van der Waals surface area contributed by atoms with Crippen LogP contribution in [0.2, 0.25) is 0 Å². The number of hydrogen-bond donors (Lipinski definition) is 2. The Labute approximate surface area is 138 Å². The molecule has 0 bridgehead atoms. The molecule has 4 nitrogen and oxygen atoms in total. The summed E-state index contributed by atoms with van der Waals surface area (Å²) < 4.78 is 0. The van der Waals surface area contributed by atoms with Gasteiger partial charge in [0.25, 0.3) is 0 Å². The monoisotopic (exact) mass is 317 g/mol. The molecule has 0 heterocycles. The maximum Gasteiger partial charge on any atom is 0.310 e. The minimum absolute atomic E-state index is 0.0270. The fraction of sp³-hybridized carbons (Fsp3) is 0.579. The molecular formula is C19H27NO3. The summed E-state index contributed by atoms with van der Waals surface area (Å²) in [6, 6.07) is 8.05. The third-order valence-corrected chi connectivity index (χ3v) is 5.07. The normalized spacial score (nSPS) is 17.5. The van der Waals surface area contributed by atoms with Crippen LogP contribution in [0.5, 0.6) is 0 Å². The average molecular weight is 317 g/mol. The molecule has 1 amide bonds. The molecular weight excluding hydrogens is 290 g/mol. The summed E-state index contributed by atoms with van der Waals surface area (Å²) in [6.45, 7) is 5.46. The van der Waals surface area contributed by atoms with Crippen LogP contribution in [-0.4, -0.2) is 23.5 Å². The largest absolute Gasteiger partial charge is 0.481 e. The second-order valence-electron chi connectivity index (χ2n) is 7.33. The lowest BCUT2D eigenvalue weighted by Gasteiger charge is -2.38. The second kappa shape index (κ2) is 6.73. The Bertz CT molecular complexity index is 586. The van der Waals surface area contributed by atoms with Gasteiger partial charge in [0.2, 0.25) is 5.91 Å². The molecule has 1 aromatic carbocycles. The highest BCUT2D eigenvalue weighted by atomic mass is 16.4. The predicted molar refractivity (Wildman–Crippen MR) is 90.4 cm³/mol. The molecule has 0 radical (unpaired) electrons. The van der Waals surface area contributed by atoms with Gasteiger partial charge in [-0.2, -0.15) is 0 Å². The second-order valence-corrected chi connectivity index (χ2v) is 7.33. The van der Waals surface area contributed by atoms with Gasteiger partial charge in [-0.3, -0.25) is 9.59 Å². The van der Waals surface area contributed by atoms with Crippen LogP contribution < -0.4 is 5.32 Å². The Hall–Kier alpha value is -1.84. The number of carbonyl (C=O) groups excluding carboxylic acids is 1. The standard InChI is InChI=1S/C19H27NO3/c1-14-9-5-6-10-15(14)19(11-7-4-8-12-19)16(21)20-13-18(2,3)17(22)23/h5-6,9-10H,4,7-8,11-13H2,1-3H3,(H,20,21)(H,22,23). The van der Waals surface area contributed by atoms with Crippen LogP contribution in [0.25, 0.3) is 0 Å². The molecule has 0 spiro atoms. The predicted octanol–water partition coefficient (Wildman–Crippen LogP) is 3.42. The molecule has 2 rings (SSSR count). The van der Waals surface area contributed by atoms with Crippen LogP contribution in [-0.2, 0) is 15.0 Å². The molecule has 0 aliphatic heterocycles. The van der Waals surface area contributed by atoms with Gasteiger partial charge in [-0.05, 0) is 44.7 Å². The van der Waals surface area contributed by atoms with Crippen molar-refractivity contribution in [3.63, 3.8) is 0 Å². The smallest absolute Gasteiger partial charge is 0.310 e. The van der Waals surface area contributed by atoms with E-state index in [2.05, 4.69) is 5.32 Å². The summed E-state index contributed by atoms with van der Waals surface area (Å²) in [7, 11) is 0. The van der Waals surface area contributed by atoms with Gasteiger partial charge in [-0.1, -0.05) is 43.5 Å². The Morgan fingerprint density at radius 2 is 1.78 bits per heavy atom. The zero-order valence-corrected chi connectivity index (χ0v) is 14.3. The minimum atomic E-state index is -0.961. The van der Waals surface area contributed by atoms with Crippen molar-refractivity contribution in [2.75, 3.05) is 6.54 Å². The first-order valence-corrected chi connectivity index (χ1v) is 8.37. The van der Waals surface area contributed by atoms with E-state index in [4.69, 9.17) is 0 Å². The van der Waals surface area contributed by atoms with E-state index in [-0.39, 0.29) is 12.5 Å². The molecule has 0 saturated heterocycles. The van der Waals surface area contributed by atoms with Crippen molar-refractivity contribution in [1.82, 2.24) is 5.32 Å². The van der Waals surface area contributed by atoms with Crippen LogP contribution in [0.15, 0.2) is 24.3 Å². The van der Waals surface area contributed by atoms with Crippen LogP contribution in [0.1, 0.15) is 57.1 Å². The third-order valence-electron chi connectivity index (χ3n) is 5.07. The van der Waals surface area contributed by atoms with Crippen LogP contribution in [0.4, 0.5) is 0 Å². The van der Waals surface area contributed by atoms with Gasteiger partial charge >= 0.3 is 5.97 Å². The zero-order valence-electron chi connectivity index (χ0n) is 14.3. The fourth-order valence-electron chi connectivity index (χ4n) is 3.43. The summed E-state index contributed by atoms with van der Waals surface area (Å²) >= 11 is 0. The SMILES string of the molecule is Cc1ccccc1C1(C(=O)NCC(C)(C)C(=O)O)CCCCC1. The number of aryl methyl sites for hydroxylation is 1. The van der Waals surface area contributed by atoms with Gasteiger partial charge in [0, 0.05) is 6.54 Å². The van der Waals surface area contributed by atoms with Crippen LogP contribution in [0.3, 0.4) is 0 Å². The quantitative estimate of drug-likeness (QED) is 0.874. The van der Waals surface area contributed by atoms with Gasteiger partial charge < -0.3 is 10.4 Å². The van der Waals surface area contributed by atoms with Gasteiger partial charge in [-0.25, -0.2) is 0 Å². The topological polar surface area (TPSA) is 66.4 Å². The van der Waals surface area contributed by atoms with Gasteiger partial charge in [0.1, 0.15) is 0 Å². The fourth-order valence-corrected chi connectivity index (χ4v) is 3.43. The molecule has 2 N–H and O–H groups in total. The molecule has 0 unspecified atom stereocenters. The summed E-state index contributed by atoms with van der Waals surface area (Å²) in [6.07, 6.45) is 4.88. The van der Waals surface area contributed by atoms with Crippen molar-refractivity contribution >= 4 is 11.9 Å². The highest BCUT2D eigenvalue weighted by Crippen LogP contribution is 2.41. The van der Waals surface area contributed by atoms with E-state index in [1.54, 1.807) is 13.8 Å². The molecule has 1 aliphatic carbocycles. The van der Waals surface area contributed by atoms with Gasteiger partial charge in [0.05, 0.1) is 10.8 Å². The van der Waals surface area contributed by atoms with E-state index < -0.39 is 16.8 Å². The van der Waals surface area contributed by atoms with E-state index in [1.165, 1.54) is 0 Å². The highest BCUT2D eigenvalue weighted by molar-refractivity contribution is 5.89. The van der Waals surface area contributed by atoms with Crippen molar-refractivity contribution in [2.45, 2.75) is 58.3 Å². The van der Waals surface area contributed by atoms with Crippen molar-refractivity contribution in [2.24, 2.45) is 5.41 Å². The molecule has 1 aromatic rings. The first kappa shape index (κ1) is 17.5. The summed E-state index contributed by atoms with van der Waals surface area (Å²) in [4.78, 5) is 24.3. The number of aliphatic carboxylic acids is 1. The summed E-state index contributed by atoms with van der Waals surface area (Å²) in [5.74, 6) is -0.924. The van der Waals surface area contributed by atoms with E-state index in [0.29, 0.717) is 0 Å². The lowest BCUT2D eigenvalue weighted by molar-refractivity contribution is -0.147. The number of amides is 1. The molecule has 0 aromatic heterocycles. The van der Waals surface area contributed by atoms with E-state index >= 15 is 0 Å². The third kappa shape index (κ3) is 3.57. The molecule has 1 fully saturated rings. The van der Waals surface area contributed by atoms with Gasteiger partial charge in [-0.15, -0.1) is 0 Å². The van der Waals surface area contributed by atoms with Crippen LogP contribution >= 0.6 is 0 Å². The zero-order chi connectivity index (χ0) is 17.1. The molecule has 126 valence electrons. The van der Waals surface area contributed by atoms with Crippen molar-refractivity contribution in [3.8, 4) is 0 Å². The lowest BCUT2D eigenvalue weighted by Crippen LogP contribution is -2.49. The van der Waals surface area contributed by atoms with Crippen molar-refractivity contribution < 1.29 is 14.7 Å². The average Bonchev–Trinajstić information content (AvgIpc) is 2.53. The summed E-state index contributed by atoms with van der Waals surface area (Å²) in [5, 5.41) is 12.2. The van der Waals surface area contributed by atoms with Crippen LogP contribution in [0, 0.1) is 12.3 Å². The molecule has 23 heavy (non-hydrogen) atoms. The number of carbonyl (C=O) groups is 2. The lowest BCUT2D eigenvalue weighted by atomic mass is 9.67. The van der Waals surface area contributed by atoms with Crippen molar-refractivity contribution in [1.29, 1.82) is 0 Å². The maximum absolute atomic E-state index is 13.0. The number of nitrogens with one attached hydrogen (secondary N) is 1. The Morgan fingerprint density at radius 1 is 1.17 bits per heavy atom.